The van der Waals surface area contributed by atoms with Crippen LogP contribution in [-0.2, 0) is 10.0 Å². The summed E-state index contributed by atoms with van der Waals surface area (Å²) in [5.41, 5.74) is 3.38. The van der Waals surface area contributed by atoms with Crippen molar-refractivity contribution in [3.8, 4) is 0 Å². The molecule has 0 aliphatic heterocycles. The fraction of sp³-hybridized carbons (Fsp3) is 0.714. The van der Waals surface area contributed by atoms with Crippen LogP contribution in [0.3, 0.4) is 0 Å². The van der Waals surface area contributed by atoms with Crippen molar-refractivity contribution in [3.05, 3.63) is 11.8 Å². The fourth-order valence-electron chi connectivity index (χ4n) is 0.715. The van der Waals surface area contributed by atoms with E-state index in [1.807, 2.05) is 19.9 Å². The van der Waals surface area contributed by atoms with Gasteiger partial charge in [-0.1, -0.05) is 19.9 Å². The molecule has 0 bridgehead atoms. The third-order valence-electron chi connectivity index (χ3n) is 1.02. The van der Waals surface area contributed by atoms with Gasteiger partial charge < -0.3 is 5.43 Å². The van der Waals surface area contributed by atoms with Crippen LogP contribution < -0.4 is 10.3 Å². The Kier molecular flexibility index (Phi) is 4.26. The van der Waals surface area contributed by atoms with E-state index in [0.29, 0.717) is 5.92 Å². The van der Waals surface area contributed by atoms with E-state index in [0.717, 1.165) is 12.0 Å². The van der Waals surface area contributed by atoms with Gasteiger partial charge in [0.2, 0.25) is 10.0 Å². The van der Waals surface area contributed by atoms with Gasteiger partial charge in [0, 0.05) is 5.70 Å². The fourth-order valence-corrected chi connectivity index (χ4v) is 1.06. The summed E-state index contributed by atoms with van der Waals surface area (Å²) in [6.07, 6.45) is 3.03. The van der Waals surface area contributed by atoms with Crippen molar-refractivity contribution in [1.82, 2.24) is 10.3 Å². The zero-order valence-corrected chi connectivity index (χ0v) is 8.70. The molecule has 0 aliphatic rings. The van der Waals surface area contributed by atoms with Crippen LogP contribution in [0.2, 0.25) is 0 Å². The van der Waals surface area contributed by atoms with Crippen LogP contribution in [0.5, 0.6) is 0 Å². The molecule has 0 fully saturated rings. The van der Waals surface area contributed by atoms with Crippen molar-refractivity contribution in [2.45, 2.75) is 20.8 Å². The lowest BCUT2D eigenvalue weighted by Crippen LogP contribution is -2.35. The van der Waals surface area contributed by atoms with Gasteiger partial charge in [0.15, 0.2) is 0 Å². The summed E-state index contributed by atoms with van der Waals surface area (Å²) in [7, 11) is -3.16. The smallest absolute Gasteiger partial charge is 0.225 e. The molecule has 0 saturated carbocycles. The average molecular weight is 192 g/mol. The lowest BCUT2D eigenvalue weighted by atomic mass is 10.2. The summed E-state index contributed by atoms with van der Waals surface area (Å²) in [5, 5.41) is 0. The van der Waals surface area contributed by atoms with E-state index in [4.69, 9.17) is 0 Å². The molecule has 4 nitrogen and oxygen atoms in total. The minimum atomic E-state index is -3.16. The van der Waals surface area contributed by atoms with E-state index in [9.17, 15) is 8.42 Å². The van der Waals surface area contributed by atoms with Gasteiger partial charge >= 0.3 is 0 Å². The molecular formula is C7H16N2O2S. The number of rotatable bonds is 4. The van der Waals surface area contributed by atoms with E-state index in [2.05, 4.69) is 10.3 Å². The summed E-state index contributed by atoms with van der Waals surface area (Å²) in [6, 6.07) is 0. The van der Waals surface area contributed by atoms with Crippen LogP contribution >= 0.6 is 0 Å². The van der Waals surface area contributed by atoms with Crippen LogP contribution in [-0.4, -0.2) is 14.7 Å². The number of hydrazine groups is 1. The van der Waals surface area contributed by atoms with Gasteiger partial charge in [-0.3, -0.25) is 0 Å². The van der Waals surface area contributed by atoms with Crippen LogP contribution in [0, 0.1) is 5.92 Å². The number of hydrogen-bond acceptors (Lipinski definition) is 3. The monoisotopic (exact) mass is 192 g/mol. The zero-order chi connectivity index (χ0) is 9.78. The third kappa shape index (κ3) is 7.56. The zero-order valence-electron chi connectivity index (χ0n) is 7.88. The van der Waals surface area contributed by atoms with Gasteiger partial charge in [-0.25, -0.2) is 8.42 Å². The third-order valence-corrected chi connectivity index (χ3v) is 1.49. The molecule has 12 heavy (non-hydrogen) atoms. The Bertz CT molecular complexity index is 255. The second-order valence-electron chi connectivity index (χ2n) is 3.09. The molecule has 0 spiro atoms. The molecule has 0 atom stereocenters. The first kappa shape index (κ1) is 11.4. The van der Waals surface area contributed by atoms with Crippen LogP contribution in [0.25, 0.3) is 0 Å². The van der Waals surface area contributed by atoms with E-state index in [1.54, 1.807) is 6.92 Å². The van der Waals surface area contributed by atoms with Gasteiger partial charge in [0.25, 0.3) is 0 Å². The molecule has 0 heterocycles. The Morgan fingerprint density at radius 2 is 1.92 bits per heavy atom. The Morgan fingerprint density at radius 1 is 1.42 bits per heavy atom. The molecule has 0 aromatic heterocycles. The molecule has 0 aliphatic carbocycles. The minimum Gasteiger partial charge on any atom is -0.313 e. The average Bonchev–Trinajstić information content (AvgIpc) is 1.80. The highest BCUT2D eigenvalue weighted by atomic mass is 32.2. The van der Waals surface area contributed by atoms with Gasteiger partial charge in [0.05, 0.1) is 6.26 Å². The standard InChI is InChI=1S/C7H16N2O2S/c1-6(2)5-7(3)8-9-12(4,10)11/h5-6,8-9H,1-4H3. The highest BCUT2D eigenvalue weighted by molar-refractivity contribution is 7.88. The highest BCUT2D eigenvalue weighted by Gasteiger charge is 1.98. The molecular weight excluding hydrogens is 176 g/mol. The first-order valence-electron chi connectivity index (χ1n) is 3.72. The predicted octanol–water partition coefficient (Wildman–Crippen LogP) is 0.600. The summed E-state index contributed by atoms with van der Waals surface area (Å²) < 4.78 is 21.2. The lowest BCUT2D eigenvalue weighted by molar-refractivity contribution is 0.576. The Labute approximate surface area is 74.1 Å². The number of sulfonamides is 1. The first-order valence-corrected chi connectivity index (χ1v) is 5.61. The summed E-state index contributed by atoms with van der Waals surface area (Å²) >= 11 is 0. The van der Waals surface area contributed by atoms with Crippen LogP contribution in [0.4, 0.5) is 0 Å². The van der Waals surface area contributed by atoms with Crippen molar-refractivity contribution in [2.75, 3.05) is 6.26 Å². The second kappa shape index (κ2) is 4.47. The summed E-state index contributed by atoms with van der Waals surface area (Å²) in [6.45, 7) is 5.84. The molecule has 0 saturated heterocycles. The maximum Gasteiger partial charge on any atom is 0.225 e. The van der Waals surface area contributed by atoms with Gasteiger partial charge in [-0.05, 0) is 12.8 Å². The number of nitrogens with one attached hydrogen (secondary N) is 2. The Balaban J connectivity index is 3.96. The maximum atomic E-state index is 10.6. The van der Waals surface area contributed by atoms with Crippen molar-refractivity contribution < 1.29 is 8.42 Å². The molecule has 0 radical (unpaired) electrons. The van der Waals surface area contributed by atoms with Crippen molar-refractivity contribution in [3.63, 3.8) is 0 Å². The van der Waals surface area contributed by atoms with Crippen LogP contribution in [0.1, 0.15) is 20.8 Å². The first-order chi connectivity index (χ1) is 5.31. The largest absolute Gasteiger partial charge is 0.313 e. The topological polar surface area (TPSA) is 58.2 Å². The molecule has 2 N–H and O–H groups in total. The predicted molar refractivity (Wildman–Crippen MR) is 49.7 cm³/mol. The highest BCUT2D eigenvalue weighted by Crippen LogP contribution is 1.97. The van der Waals surface area contributed by atoms with E-state index >= 15 is 0 Å². The second-order valence-corrected chi connectivity index (χ2v) is 4.84. The lowest BCUT2D eigenvalue weighted by Gasteiger charge is -2.07. The van der Waals surface area contributed by atoms with Gasteiger partial charge in [-0.2, -0.15) is 0 Å². The minimum absolute atomic E-state index is 0.402. The maximum absolute atomic E-state index is 10.6. The molecule has 5 heteroatoms. The molecule has 0 amide bonds. The number of allylic oxidation sites excluding steroid dienone is 2. The molecule has 0 unspecified atom stereocenters. The SMILES string of the molecule is CC(=CC(C)C)NNS(C)(=O)=O. The van der Waals surface area contributed by atoms with Gasteiger partial charge in [0.1, 0.15) is 0 Å². The summed E-state index contributed by atoms with van der Waals surface area (Å²) in [4.78, 5) is 2.18. The molecule has 0 aromatic rings. The van der Waals surface area contributed by atoms with E-state index in [-0.39, 0.29) is 0 Å². The molecule has 72 valence electrons. The molecule has 0 aromatic carbocycles. The Hall–Kier alpha value is -0.550. The Morgan fingerprint density at radius 3 is 2.25 bits per heavy atom. The van der Waals surface area contributed by atoms with Crippen molar-refractivity contribution in [2.24, 2.45) is 5.92 Å². The summed E-state index contributed by atoms with van der Waals surface area (Å²) in [5.74, 6) is 0.402. The number of hydrogen-bond donors (Lipinski definition) is 2. The van der Waals surface area contributed by atoms with Crippen molar-refractivity contribution >= 4 is 10.0 Å². The normalized spacial score (nSPS) is 13.6. The quantitative estimate of drug-likeness (QED) is 0.641. The molecule has 0 rings (SSSR count). The van der Waals surface area contributed by atoms with Crippen LogP contribution in [0.15, 0.2) is 11.8 Å². The van der Waals surface area contributed by atoms with E-state index < -0.39 is 10.0 Å². The van der Waals surface area contributed by atoms with Gasteiger partial charge in [-0.15, -0.1) is 4.83 Å². The van der Waals surface area contributed by atoms with E-state index in [1.165, 1.54) is 0 Å². The van der Waals surface area contributed by atoms with Crippen molar-refractivity contribution in [1.29, 1.82) is 0 Å².